The molecule has 1 aromatic rings. The SMILES string of the molecule is Cc1cc(Br)c(NC(=O)CN2CCCCC2C(N)=O)c(Br)c1. The van der Waals surface area contributed by atoms with Crippen LogP contribution < -0.4 is 11.1 Å². The van der Waals surface area contributed by atoms with Crippen molar-refractivity contribution < 1.29 is 9.59 Å². The molecule has 1 heterocycles. The van der Waals surface area contributed by atoms with E-state index in [1.165, 1.54) is 0 Å². The van der Waals surface area contributed by atoms with Gasteiger partial charge in [0.2, 0.25) is 11.8 Å². The number of rotatable bonds is 4. The number of hydrogen-bond acceptors (Lipinski definition) is 3. The van der Waals surface area contributed by atoms with Crippen LogP contribution in [0, 0.1) is 6.92 Å². The summed E-state index contributed by atoms with van der Waals surface area (Å²) in [6, 6.07) is 3.53. The predicted octanol–water partition coefficient (Wildman–Crippen LogP) is 2.80. The largest absolute Gasteiger partial charge is 0.368 e. The summed E-state index contributed by atoms with van der Waals surface area (Å²) in [4.78, 5) is 25.6. The highest BCUT2D eigenvalue weighted by Crippen LogP contribution is 2.32. The Kier molecular flexibility index (Phi) is 6.00. The van der Waals surface area contributed by atoms with Gasteiger partial charge >= 0.3 is 0 Å². The molecule has 120 valence electrons. The van der Waals surface area contributed by atoms with Crippen LogP contribution in [-0.2, 0) is 9.59 Å². The molecule has 0 spiro atoms. The molecule has 5 nitrogen and oxygen atoms in total. The van der Waals surface area contributed by atoms with Crippen molar-refractivity contribution in [3.63, 3.8) is 0 Å². The summed E-state index contributed by atoms with van der Waals surface area (Å²) < 4.78 is 1.63. The molecule has 22 heavy (non-hydrogen) atoms. The molecule has 2 rings (SSSR count). The van der Waals surface area contributed by atoms with Crippen LogP contribution in [0.2, 0.25) is 0 Å². The monoisotopic (exact) mass is 431 g/mol. The van der Waals surface area contributed by atoms with E-state index < -0.39 is 0 Å². The second-order valence-electron chi connectivity index (χ2n) is 5.54. The molecule has 0 saturated carbocycles. The molecular formula is C15H19Br2N3O2. The summed E-state index contributed by atoms with van der Waals surface area (Å²) >= 11 is 6.91. The van der Waals surface area contributed by atoms with Gasteiger partial charge in [-0.15, -0.1) is 0 Å². The van der Waals surface area contributed by atoms with Crippen LogP contribution in [0.3, 0.4) is 0 Å². The third-order valence-electron chi connectivity index (χ3n) is 3.74. The molecule has 7 heteroatoms. The fraction of sp³-hybridized carbons (Fsp3) is 0.467. The summed E-state index contributed by atoms with van der Waals surface area (Å²) in [5.41, 5.74) is 7.21. The number of benzene rings is 1. The standard InChI is InChI=1S/C15H19Br2N3O2/c1-9-6-10(16)14(11(17)7-9)19-13(21)8-20-5-3-2-4-12(20)15(18)22/h6-7,12H,2-5,8H2,1H3,(H2,18,22)(H,19,21). The fourth-order valence-corrected chi connectivity index (χ4v) is 4.30. The summed E-state index contributed by atoms with van der Waals surface area (Å²) in [5.74, 6) is -0.511. The maximum absolute atomic E-state index is 12.3. The fourth-order valence-electron chi connectivity index (χ4n) is 2.69. The predicted molar refractivity (Wildman–Crippen MR) is 93.6 cm³/mol. The van der Waals surface area contributed by atoms with E-state index in [1.54, 1.807) is 0 Å². The van der Waals surface area contributed by atoms with Crippen LogP contribution in [0.15, 0.2) is 21.1 Å². The van der Waals surface area contributed by atoms with E-state index in [9.17, 15) is 9.59 Å². The number of primary amides is 1. The maximum atomic E-state index is 12.3. The smallest absolute Gasteiger partial charge is 0.238 e. The average Bonchev–Trinajstić information content (AvgIpc) is 2.43. The number of nitrogens with zero attached hydrogens (tertiary/aromatic N) is 1. The van der Waals surface area contributed by atoms with Crippen molar-refractivity contribution >= 4 is 49.4 Å². The number of aryl methyl sites for hydroxylation is 1. The van der Waals surface area contributed by atoms with E-state index in [-0.39, 0.29) is 24.4 Å². The molecule has 1 aliphatic rings. The Morgan fingerprint density at radius 3 is 2.55 bits per heavy atom. The molecule has 1 atom stereocenters. The third kappa shape index (κ3) is 4.30. The maximum Gasteiger partial charge on any atom is 0.238 e. The van der Waals surface area contributed by atoms with Crippen molar-refractivity contribution in [2.24, 2.45) is 5.73 Å². The number of nitrogens with two attached hydrogens (primary N) is 1. The Labute approximate surface area is 146 Å². The van der Waals surface area contributed by atoms with Gasteiger partial charge in [0.1, 0.15) is 0 Å². The summed E-state index contributed by atoms with van der Waals surface area (Å²) in [6.45, 7) is 2.87. The van der Waals surface area contributed by atoms with Crippen molar-refractivity contribution in [2.75, 3.05) is 18.4 Å². The third-order valence-corrected chi connectivity index (χ3v) is 4.99. The first-order valence-corrected chi connectivity index (χ1v) is 8.76. The van der Waals surface area contributed by atoms with Crippen LogP contribution in [0.5, 0.6) is 0 Å². The highest BCUT2D eigenvalue weighted by Gasteiger charge is 2.28. The molecule has 3 N–H and O–H groups in total. The zero-order chi connectivity index (χ0) is 16.3. The molecule has 1 unspecified atom stereocenters. The van der Waals surface area contributed by atoms with E-state index in [0.717, 1.165) is 40.3 Å². The number of hydrogen-bond donors (Lipinski definition) is 2. The van der Waals surface area contributed by atoms with E-state index in [4.69, 9.17) is 5.73 Å². The van der Waals surface area contributed by atoms with Gasteiger partial charge < -0.3 is 11.1 Å². The first-order chi connectivity index (χ1) is 10.4. The number of carbonyl (C=O) groups is 2. The number of amides is 2. The topological polar surface area (TPSA) is 75.4 Å². The van der Waals surface area contributed by atoms with Crippen molar-refractivity contribution in [1.82, 2.24) is 4.90 Å². The number of anilines is 1. The first kappa shape index (κ1) is 17.4. The lowest BCUT2D eigenvalue weighted by molar-refractivity contribution is -0.126. The lowest BCUT2D eigenvalue weighted by Crippen LogP contribution is -2.50. The Hall–Kier alpha value is -0.920. The molecule has 2 amide bonds. The van der Waals surface area contributed by atoms with Gasteiger partial charge in [-0.25, -0.2) is 0 Å². The van der Waals surface area contributed by atoms with Crippen molar-refractivity contribution in [2.45, 2.75) is 32.2 Å². The van der Waals surface area contributed by atoms with Crippen LogP contribution in [0.1, 0.15) is 24.8 Å². The van der Waals surface area contributed by atoms with E-state index in [0.29, 0.717) is 5.69 Å². The van der Waals surface area contributed by atoms with Crippen molar-refractivity contribution in [3.05, 3.63) is 26.6 Å². The zero-order valence-corrected chi connectivity index (χ0v) is 15.5. The van der Waals surface area contributed by atoms with Crippen LogP contribution in [-0.4, -0.2) is 35.8 Å². The number of halogens is 2. The van der Waals surface area contributed by atoms with Crippen LogP contribution in [0.4, 0.5) is 5.69 Å². The first-order valence-electron chi connectivity index (χ1n) is 7.17. The average molecular weight is 433 g/mol. The number of likely N-dealkylation sites (tertiary alicyclic amines) is 1. The van der Waals surface area contributed by atoms with Gasteiger partial charge in [-0.2, -0.15) is 0 Å². The van der Waals surface area contributed by atoms with E-state index >= 15 is 0 Å². The Balaban J connectivity index is 2.05. The molecular weight excluding hydrogens is 414 g/mol. The second-order valence-corrected chi connectivity index (χ2v) is 7.24. The Bertz CT molecular complexity index is 569. The number of piperidine rings is 1. The van der Waals surface area contributed by atoms with E-state index in [2.05, 4.69) is 37.2 Å². The van der Waals surface area contributed by atoms with Gasteiger partial charge in [0, 0.05) is 8.95 Å². The molecule has 0 aromatic heterocycles. The Morgan fingerprint density at radius 2 is 1.95 bits per heavy atom. The quantitative estimate of drug-likeness (QED) is 0.767. The van der Waals surface area contributed by atoms with Crippen molar-refractivity contribution in [1.29, 1.82) is 0 Å². The van der Waals surface area contributed by atoms with Gasteiger partial charge in [-0.1, -0.05) is 6.42 Å². The zero-order valence-electron chi connectivity index (χ0n) is 12.4. The van der Waals surface area contributed by atoms with E-state index in [1.807, 2.05) is 24.0 Å². The van der Waals surface area contributed by atoms with Gasteiger partial charge in [0.25, 0.3) is 0 Å². The highest BCUT2D eigenvalue weighted by atomic mass is 79.9. The highest BCUT2D eigenvalue weighted by molar-refractivity contribution is 9.11. The van der Waals surface area contributed by atoms with Gasteiger partial charge in [0.15, 0.2) is 0 Å². The molecule has 1 fully saturated rings. The molecule has 1 aliphatic heterocycles. The van der Waals surface area contributed by atoms with Crippen molar-refractivity contribution in [3.8, 4) is 0 Å². The minimum Gasteiger partial charge on any atom is -0.368 e. The summed E-state index contributed by atoms with van der Waals surface area (Å²) in [7, 11) is 0. The lowest BCUT2D eigenvalue weighted by atomic mass is 10.0. The number of carbonyl (C=O) groups excluding carboxylic acids is 2. The second kappa shape index (κ2) is 7.57. The summed E-state index contributed by atoms with van der Waals surface area (Å²) in [6.07, 6.45) is 2.68. The normalized spacial score (nSPS) is 19.0. The molecule has 1 aromatic carbocycles. The summed E-state index contributed by atoms with van der Waals surface area (Å²) in [5, 5.41) is 2.89. The Morgan fingerprint density at radius 1 is 1.32 bits per heavy atom. The molecule has 1 saturated heterocycles. The number of nitrogens with one attached hydrogen (secondary N) is 1. The van der Waals surface area contributed by atoms with Crippen LogP contribution in [0.25, 0.3) is 0 Å². The molecule has 0 aliphatic carbocycles. The minimum atomic E-state index is -0.356. The van der Waals surface area contributed by atoms with Gasteiger partial charge in [-0.3, -0.25) is 14.5 Å². The minimum absolute atomic E-state index is 0.154. The molecule has 0 bridgehead atoms. The lowest BCUT2D eigenvalue weighted by Gasteiger charge is -2.32. The molecule has 0 radical (unpaired) electrons. The van der Waals surface area contributed by atoms with Crippen LogP contribution >= 0.6 is 31.9 Å². The van der Waals surface area contributed by atoms with Gasteiger partial charge in [0.05, 0.1) is 18.3 Å². The van der Waals surface area contributed by atoms with Gasteiger partial charge in [-0.05, 0) is 75.9 Å².